The zero-order valence-corrected chi connectivity index (χ0v) is 13.3. The number of benzene rings is 1. The van der Waals surface area contributed by atoms with Crippen molar-refractivity contribution in [3.63, 3.8) is 0 Å². The lowest BCUT2D eigenvalue weighted by Crippen LogP contribution is -2.47. The van der Waals surface area contributed by atoms with Crippen molar-refractivity contribution >= 4 is 15.7 Å². The molecule has 2 rings (SSSR count). The molecule has 0 radical (unpaired) electrons. The average Bonchev–Trinajstić information content (AvgIpc) is 2.33. The Morgan fingerprint density at radius 3 is 2.35 bits per heavy atom. The summed E-state index contributed by atoms with van der Waals surface area (Å²) < 4.78 is 28.2. The maximum atomic E-state index is 12.7. The number of rotatable bonds is 3. The molecule has 0 heterocycles. The smallest absolute Gasteiger partial charge is 0.241 e. The number of sulfonamides is 1. The highest BCUT2D eigenvalue weighted by Gasteiger charge is 2.32. The van der Waals surface area contributed by atoms with Crippen LogP contribution in [0.1, 0.15) is 50.2 Å². The topological polar surface area (TPSA) is 72.2 Å². The maximum absolute atomic E-state index is 12.7. The largest absolute Gasteiger partial charge is 0.399 e. The summed E-state index contributed by atoms with van der Waals surface area (Å²) in [6.45, 7) is 5.71. The van der Waals surface area contributed by atoms with Gasteiger partial charge in [0.15, 0.2) is 0 Å². The van der Waals surface area contributed by atoms with Crippen molar-refractivity contribution < 1.29 is 8.42 Å². The van der Waals surface area contributed by atoms with Gasteiger partial charge in [0.1, 0.15) is 0 Å². The number of anilines is 1. The van der Waals surface area contributed by atoms with E-state index in [1.54, 1.807) is 12.1 Å². The fourth-order valence-electron chi connectivity index (χ4n) is 2.95. The van der Waals surface area contributed by atoms with Gasteiger partial charge in [-0.05, 0) is 56.9 Å². The summed E-state index contributed by atoms with van der Waals surface area (Å²) in [5, 5.41) is 0. The van der Waals surface area contributed by atoms with Gasteiger partial charge in [-0.25, -0.2) is 13.1 Å². The lowest BCUT2D eigenvalue weighted by atomic mass is 9.84. The summed E-state index contributed by atoms with van der Waals surface area (Å²) in [6, 6.07) is 3.35. The van der Waals surface area contributed by atoms with Gasteiger partial charge < -0.3 is 5.73 Å². The molecule has 0 bridgehead atoms. The normalized spacial score (nSPS) is 18.9. The van der Waals surface area contributed by atoms with Crippen molar-refractivity contribution in [3.8, 4) is 0 Å². The molecule has 3 N–H and O–H groups in total. The van der Waals surface area contributed by atoms with Crippen molar-refractivity contribution in [3.05, 3.63) is 23.3 Å². The molecular weight excluding hydrogens is 272 g/mol. The first-order valence-corrected chi connectivity index (χ1v) is 8.63. The minimum atomic E-state index is -3.52. The molecule has 20 heavy (non-hydrogen) atoms. The van der Waals surface area contributed by atoms with Crippen LogP contribution in [0.2, 0.25) is 0 Å². The molecule has 5 heteroatoms. The van der Waals surface area contributed by atoms with Gasteiger partial charge in [-0.2, -0.15) is 0 Å². The van der Waals surface area contributed by atoms with E-state index in [4.69, 9.17) is 5.73 Å². The second kappa shape index (κ2) is 5.37. The number of aryl methyl sites for hydroxylation is 1. The molecule has 0 atom stereocenters. The van der Waals surface area contributed by atoms with Crippen LogP contribution in [0.25, 0.3) is 0 Å². The summed E-state index contributed by atoms with van der Waals surface area (Å²) in [7, 11) is -3.52. The van der Waals surface area contributed by atoms with Crippen LogP contribution in [0.3, 0.4) is 0 Å². The van der Waals surface area contributed by atoms with Crippen molar-refractivity contribution in [2.24, 2.45) is 0 Å². The molecule has 4 nitrogen and oxygen atoms in total. The van der Waals surface area contributed by atoms with Crippen molar-refractivity contribution in [1.82, 2.24) is 4.72 Å². The molecule has 0 unspecified atom stereocenters. The zero-order chi connectivity index (χ0) is 15.0. The molecule has 0 spiro atoms. The molecule has 0 aliphatic heterocycles. The van der Waals surface area contributed by atoms with Crippen molar-refractivity contribution in [2.75, 3.05) is 5.73 Å². The molecule has 1 fully saturated rings. The predicted octanol–water partition coefficient (Wildman–Crippen LogP) is 2.89. The molecule has 112 valence electrons. The third-order valence-electron chi connectivity index (χ3n) is 4.27. The van der Waals surface area contributed by atoms with Gasteiger partial charge in [-0.15, -0.1) is 0 Å². The van der Waals surface area contributed by atoms with Gasteiger partial charge in [0.05, 0.1) is 4.90 Å². The van der Waals surface area contributed by atoms with E-state index >= 15 is 0 Å². The fraction of sp³-hybridized carbons (Fsp3) is 0.600. The molecule has 1 aromatic rings. The van der Waals surface area contributed by atoms with Crippen LogP contribution in [0.5, 0.6) is 0 Å². The number of hydrogen-bond donors (Lipinski definition) is 2. The van der Waals surface area contributed by atoms with E-state index in [9.17, 15) is 8.42 Å². The molecule has 1 aliphatic carbocycles. The second-order valence-corrected chi connectivity index (χ2v) is 7.84. The highest BCUT2D eigenvalue weighted by atomic mass is 32.2. The van der Waals surface area contributed by atoms with Crippen LogP contribution in [0.15, 0.2) is 17.0 Å². The SMILES string of the molecule is Cc1cc(N)cc(S(=O)(=O)NC2(C)CCCCC2)c1C. The molecule has 0 saturated heterocycles. The van der Waals surface area contributed by atoms with Gasteiger partial charge in [0.2, 0.25) is 10.0 Å². The Morgan fingerprint density at radius 1 is 1.15 bits per heavy atom. The molecule has 1 aliphatic rings. The maximum Gasteiger partial charge on any atom is 0.241 e. The van der Waals surface area contributed by atoms with Crippen LogP contribution in [-0.4, -0.2) is 14.0 Å². The van der Waals surface area contributed by atoms with Gasteiger partial charge in [-0.3, -0.25) is 0 Å². The monoisotopic (exact) mass is 296 g/mol. The molecule has 0 aromatic heterocycles. The van der Waals surface area contributed by atoms with Crippen LogP contribution < -0.4 is 10.5 Å². The third-order valence-corrected chi connectivity index (χ3v) is 6.03. The van der Waals surface area contributed by atoms with E-state index in [0.717, 1.165) is 36.8 Å². The van der Waals surface area contributed by atoms with E-state index in [1.807, 2.05) is 20.8 Å². The standard InChI is InChI=1S/C15H24N2O2S/c1-11-9-13(16)10-14(12(11)2)20(18,19)17-15(3)7-5-4-6-8-15/h9-10,17H,4-8,16H2,1-3H3. The first-order chi connectivity index (χ1) is 9.23. The van der Waals surface area contributed by atoms with Gasteiger partial charge >= 0.3 is 0 Å². The molecular formula is C15H24N2O2S. The van der Waals surface area contributed by atoms with E-state index < -0.39 is 10.0 Å². The predicted molar refractivity (Wildman–Crippen MR) is 82.1 cm³/mol. The van der Waals surface area contributed by atoms with Gasteiger partial charge in [0.25, 0.3) is 0 Å². The second-order valence-electron chi connectivity index (χ2n) is 6.19. The number of hydrogen-bond acceptors (Lipinski definition) is 3. The van der Waals surface area contributed by atoms with E-state index in [0.29, 0.717) is 10.6 Å². The summed E-state index contributed by atoms with van der Waals surface area (Å²) >= 11 is 0. The van der Waals surface area contributed by atoms with Crippen LogP contribution in [-0.2, 0) is 10.0 Å². The Morgan fingerprint density at radius 2 is 1.75 bits per heavy atom. The van der Waals surface area contributed by atoms with Crippen LogP contribution >= 0.6 is 0 Å². The Hall–Kier alpha value is -1.07. The highest BCUT2D eigenvalue weighted by Crippen LogP contribution is 2.30. The van der Waals surface area contributed by atoms with E-state index in [1.165, 1.54) is 6.42 Å². The summed E-state index contributed by atoms with van der Waals surface area (Å²) in [6.07, 6.45) is 5.13. The van der Waals surface area contributed by atoms with E-state index in [2.05, 4.69) is 4.72 Å². The van der Waals surface area contributed by atoms with Crippen LogP contribution in [0, 0.1) is 13.8 Å². The lowest BCUT2D eigenvalue weighted by Gasteiger charge is -2.34. The minimum absolute atomic E-state index is 0.307. The fourth-order valence-corrected chi connectivity index (χ4v) is 4.76. The Balaban J connectivity index is 2.36. The Bertz CT molecular complexity index is 603. The number of nitrogens with one attached hydrogen (secondary N) is 1. The molecule has 1 saturated carbocycles. The summed E-state index contributed by atoms with van der Waals surface area (Å²) in [4.78, 5) is 0.307. The quantitative estimate of drug-likeness (QED) is 0.842. The Kier molecular flexibility index (Phi) is 4.12. The molecule has 0 amide bonds. The first kappa shape index (κ1) is 15.3. The van der Waals surface area contributed by atoms with Crippen molar-refractivity contribution in [2.45, 2.75) is 63.3 Å². The summed E-state index contributed by atoms with van der Waals surface area (Å²) in [5.41, 5.74) is 7.63. The molecule has 1 aromatic carbocycles. The minimum Gasteiger partial charge on any atom is -0.399 e. The average molecular weight is 296 g/mol. The van der Waals surface area contributed by atoms with Crippen LogP contribution in [0.4, 0.5) is 5.69 Å². The number of nitrogens with two attached hydrogens (primary N) is 1. The third kappa shape index (κ3) is 3.15. The first-order valence-electron chi connectivity index (χ1n) is 7.14. The van der Waals surface area contributed by atoms with Crippen molar-refractivity contribution in [1.29, 1.82) is 0 Å². The van der Waals surface area contributed by atoms with Gasteiger partial charge in [-0.1, -0.05) is 19.3 Å². The lowest BCUT2D eigenvalue weighted by molar-refractivity contribution is 0.294. The zero-order valence-electron chi connectivity index (χ0n) is 12.5. The number of nitrogen functional groups attached to an aromatic ring is 1. The van der Waals surface area contributed by atoms with Gasteiger partial charge in [0, 0.05) is 11.2 Å². The van der Waals surface area contributed by atoms with E-state index in [-0.39, 0.29) is 5.54 Å². The highest BCUT2D eigenvalue weighted by molar-refractivity contribution is 7.89. The Labute approximate surface area is 121 Å². The summed E-state index contributed by atoms with van der Waals surface area (Å²) in [5.74, 6) is 0.